The van der Waals surface area contributed by atoms with E-state index in [1.165, 1.54) is 11.1 Å². The van der Waals surface area contributed by atoms with E-state index < -0.39 is 0 Å². The summed E-state index contributed by atoms with van der Waals surface area (Å²) in [5.74, 6) is 0.995. The van der Waals surface area contributed by atoms with Gasteiger partial charge in [0.15, 0.2) is 0 Å². The summed E-state index contributed by atoms with van der Waals surface area (Å²) in [4.78, 5) is 0. The fraction of sp³-hybridized carbons (Fsp3) is 0.600. The predicted octanol–water partition coefficient (Wildman–Crippen LogP) is 3.58. The second-order valence-electron chi connectivity index (χ2n) is 6.40. The summed E-state index contributed by atoms with van der Waals surface area (Å²) < 4.78 is 5.95. The molecule has 0 bridgehead atoms. The molecule has 0 saturated heterocycles. The number of nitrogens with two attached hydrogens (primary N) is 1. The summed E-state index contributed by atoms with van der Waals surface area (Å²) in [5, 5.41) is 0. The van der Waals surface area contributed by atoms with Gasteiger partial charge in [-0.05, 0) is 42.4 Å². The van der Waals surface area contributed by atoms with E-state index in [1.807, 2.05) is 0 Å². The van der Waals surface area contributed by atoms with Gasteiger partial charge in [0.1, 0.15) is 12.4 Å². The lowest BCUT2D eigenvalue weighted by molar-refractivity contribution is 0.273. The molecule has 1 aromatic carbocycles. The van der Waals surface area contributed by atoms with Crippen molar-refractivity contribution in [1.29, 1.82) is 0 Å². The average Bonchev–Trinajstić information content (AvgIpc) is 2.93. The normalized spacial score (nSPS) is 16.9. The Morgan fingerprint density at radius 2 is 1.89 bits per heavy atom. The highest BCUT2D eigenvalue weighted by Crippen LogP contribution is 2.36. The second kappa shape index (κ2) is 5.10. The summed E-state index contributed by atoms with van der Waals surface area (Å²) in [7, 11) is 0. The topological polar surface area (TPSA) is 35.2 Å². The van der Waals surface area contributed by atoms with Crippen molar-refractivity contribution in [3.63, 3.8) is 0 Å². The van der Waals surface area contributed by atoms with Gasteiger partial charge in [-0.25, -0.2) is 0 Å². The van der Waals surface area contributed by atoms with Gasteiger partial charge in [-0.1, -0.05) is 32.9 Å². The maximum absolute atomic E-state index is 6.07. The lowest BCUT2D eigenvalue weighted by Gasteiger charge is -2.24. The van der Waals surface area contributed by atoms with Crippen LogP contribution in [-0.2, 0) is 5.41 Å². The minimum atomic E-state index is -0.0566. The highest BCUT2D eigenvalue weighted by atomic mass is 35.5. The molecule has 0 radical (unpaired) electrons. The zero-order valence-corrected chi connectivity index (χ0v) is 12.6. The van der Waals surface area contributed by atoms with Crippen LogP contribution in [0.2, 0.25) is 0 Å². The van der Waals surface area contributed by atoms with Crippen LogP contribution in [0.3, 0.4) is 0 Å². The molecule has 0 spiro atoms. The van der Waals surface area contributed by atoms with Crippen LogP contribution in [0.15, 0.2) is 18.2 Å². The summed E-state index contributed by atoms with van der Waals surface area (Å²) in [6.07, 6.45) is 2.17. The highest BCUT2D eigenvalue weighted by molar-refractivity contribution is 5.85. The molecular formula is C15H24ClNO. The van der Waals surface area contributed by atoms with Gasteiger partial charge >= 0.3 is 0 Å². The van der Waals surface area contributed by atoms with Gasteiger partial charge in [-0.3, -0.25) is 0 Å². The van der Waals surface area contributed by atoms with Crippen molar-refractivity contribution in [3.05, 3.63) is 29.3 Å². The van der Waals surface area contributed by atoms with Crippen LogP contribution in [0, 0.1) is 6.92 Å². The Morgan fingerprint density at radius 3 is 2.39 bits per heavy atom. The van der Waals surface area contributed by atoms with Crippen molar-refractivity contribution < 1.29 is 4.74 Å². The molecule has 0 aromatic heterocycles. The predicted molar refractivity (Wildman–Crippen MR) is 78.8 cm³/mol. The monoisotopic (exact) mass is 269 g/mol. The van der Waals surface area contributed by atoms with Gasteiger partial charge in [-0.2, -0.15) is 0 Å². The first-order valence-electron chi connectivity index (χ1n) is 6.33. The third-order valence-electron chi connectivity index (χ3n) is 3.35. The number of hydrogen-bond acceptors (Lipinski definition) is 2. The maximum atomic E-state index is 6.07. The zero-order chi connectivity index (χ0) is 12.7. The molecule has 1 aliphatic rings. The lowest BCUT2D eigenvalue weighted by Crippen LogP contribution is -2.30. The summed E-state index contributed by atoms with van der Waals surface area (Å²) in [6, 6.07) is 6.43. The fourth-order valence-electron chi connectivity index (χ4n) is 1.89. The zero-order valence-electron chi connectivity index (χ0n) is 11.7. The Balaban J connectivity index is 0.00000162. The third-order valence-corrected chi connectivity index (χ3v) is 3.35. The van der Waals surface area contributed by atoms with E-state index in [0.717, 1.165) is 18.6 Å². The van der Waals surface area contributed by atoms with Gasteiger partial charge in [0.2, 0.25) is 0 Å². The largest absolute Gasteiger partial charge is 0.491 e. The van der Waals surface area contributed by atoms with Crippen LogP contribution in [0.5, 0.6) is 5.75 Å². The minimum Gasteiger partial charge on any atom is -0.491 e. The van der Waals surface area contributed by atoms with Crippen LogP contribution in [-0.4, -0.2) is 12.1 Å². The lowest BCUT2D eigenvalue weighted by atomic mass is 9.86. The van der Waals surface area contributed by atoms with Crippen LogP contribution >= 0.6 is 12.4 Å². The number of ether oxygens (including phenoxy) is 1. The van der Waals surface area contributed by atoms with E-state index in [9.17, 15) is 0 Å². The molecule has 3 heteroatoms. The SMILES string of the molecule is Cc1ccc(C(C)(C)C)c(OCC2(N)CC2)c1.Cl. The van der Waals surface area contributed by atoms with E-state index in [2.05, 4.69) is 45.9 Å². The number of hydrogen-bond donors (Lipinski definition) is 1. The molecule has 1 saturated carbocycles. The Kier molecular flexibility index (Phi) is 4.34. The van der Waals surface area contributed by atoms with Crippen LogP contribution < -0.4 is 10.5 Å². The van der Waals surface area contributed by atoms with E-state index in [4.69, 9.17) is 10.5 Å². The Labute approximate surface area is 116 Å². The van der Waals surface area contributed by atoms with Crippen molar-refractivity contribution >= 4 is 12.4 Å². The second-order valence-corrected chi connectivity index (χ2v) is 6.40. The smallest absolute Gasteiger partial charge is 0.123 e. The van der Waals surface area contributed by atoms with Gasteiger partial charge in [0.25, 0.3) is 0 Å². The number of halogens is 1. The molecule has 0 aliphatic heterocycles. The fourth-order valence-corrected chi connectivity index (χ4v) is 1.89. The Hall–Kier alpha value is -0.730. The molecule has 2 rings (SSSR count). The van der Waals surface area contributed by atoms with Gasteiger partial charge in [-0.15, -0.1) is 12.4 Å². The molecule has 0 amide bonds. The molecule has 1 aromatic rings. The van der Waals surface area contributed by atoms with Crippen LogP contribution in [0.1, 0.15) is 44.7 Å². The van der Waals surface area contributed by atoms with E-state index >= 15 is 0 Å². The summed E-state index contributed by atoms with van der Waals surface area (Å²) in [6.45, 7) is 9.35. The molecule has 2 nitrogen and oxygen atoms in total. The van der Waals surface area contributed by atoms with Crippen LogP contribution in [0.25, 0.3) is 0 Å². The standard InChI is InChI=1S/C15H23NO.ClH/c1-11-5-6-12(14(2,3)4)13(9-11)17-10-15(16)7-8-15;/h5-6,9H,7-8,10,16H2,1-4H3;1H. The first-order chi connectivity index (χ1) is 7.80. The minimum absolute atomic E-state index is 0. The van der Waals surface area contributed by atoms with Gasteiger partial charge < -0.3 is 10.5 Å². The number of rotatable bonds is 3. The van der Waals surface area contributed by atoms with E-state index in [-0.39, 0.29) is 23.4 Å². The van der Waals surface area contributed by atoms with Crippen molar-refractivity contribution in [2.45, 2.75) is 51.5 Å². The maximum Gasteiger partial charge on any atom is 0.123 e. The first kappa shape index (κ1) is 15.3. The van der Waals surface area contributed by atoms with Crippen molar-refractivity contribution in [1.82, 2.24) is 0 Å². The molecule has 1 fully saturated rings. The Bertz CT molecular complexity index is 419. The van der Waals surface area contributed by atoms with Crippen LogP contribution in [0.4, 0.5) is 0 Å². The summed E-state index contributed by atoms with van der Waals surface area (Å²) >= 11 is 0. The quantitative estimate of drug-likeness (QED) is 0.910. The van der Waals surface area contributed by atoms with Crippen molar-refractivity contribution in [2.24, 2.45) is 5.73 Å². The van der Waals surface area contributed by atoms with E-state index in [0.29, 0.717) is 6.61 Å². The molecule has 2 N–H and O–H groups in total. The Morgan fingerprint density at radius 1 is 1.28 bits per heavy atom. The molecule has 0 heterocycles. The molecule has 0 atom stereocenters. The van der Waals surface area contributed by atoms with E-state index in [1.54, 1.807) is 0 Å². The highest BCUT2D eigenvalue weighted by Gasteiger charge is 2.39. The number of benzene rings is 1. The molecule has 0 unspecified atom stereocenters. The average molecular weight is 270 g/mol. The first-order valence-corrected chi connectivity index (χ1v) is 6.33. The molecule has 102 valence electrons. The third kappa shape index (κ3) is 3.63. The van der Waals surface area contributed by atoms with Crippen molar-refractivity contribution in [2.75, 3.05) is 6.61 Å². The molecular weight excluding hydrogens is 246 g/mol. The van der Waals surface area contributed by atoms with Gasteiger partial charge in [0.05, 0.1) is 5.54 Å². The molecule has 18 heavy (non-hydrogen) atoms. The van der Waals surface area contributed by atoms with Crippen molar-refractivity contribution in [3.8, 4) is 5.75 Å². The molecule has 1 aliphatic carbocycles. The van der Waals surface area contributed by atoms with Gasteiger partial charge in [0, 0.05) is 0 Å². The summed E-state index contributed by atoms with van der Waals surface area (Å²) in [5.41, 5.74) is 8.60. The number of aryl methyl sites for hydroxylation is 1.